The average Bonchev–Trinajstić information content (AvgIpc) is 2.43. The molecule has 3 rings (SSSR count). The number of piperazine rings is 1. The second-order valence-electron chi connectivity index (χ2n) is 6.58. The Morgan fingerprint density at radius 1 is 1.25 bits per heavy atom. The molecule has 1 saturated heterocycles. The Bertz CT molecular complexity index is 444. The Balaban J connectivity index is 1.73. The monoisotopic (exact) mass is 274 g/mol. The molecular weight excluding hydrogens is 248 g/mol. The lowest BCUT2D eigenvalue weighted by atomic mass is 9.82. The second kappa shape index (κ2) is 5.47. The van der Waals surface area contributed by atoms with E-state index in [1.54, 1.807) is 0 Å². The van der Waals surface area contributed by atoms with Gasteiger partial charge in [0.05, 0.1) is 11.6 Å². The molecule has 0 spiro atoms. The van der Waals surface area contributed by atoms with E-state index in [-0.39, 0.29) is 5.54 Å². The van der Waals surface area contributed by atoms with Gasteiger partial charge in [0.2, 0.25) is 0 Å². The third kappa shape index (κ3) is 2.50. The van der Waals surface area contributed by atoms with E-state index in [4.69, 9.17) is 4.74 Å². The zero-order valence-corrected chi connectivity index (χ0v) is 12.8. The molecule has 1 heterocycles. The molecule has 2 fully saturated rings. The molecule has 1 aromatic carbocycles. The topological polar surface area (TPSA) is 24.5 Å². The number of hydrogen-bond donors (Lipinski definition) is 1. The zero-order chi connectivity index (χ0) is 14.2. The van der Waals surface area contributed by atoms with Crippen molar-refractivity contribution in [3.05, 3.63) is 35.9 Å². The first kappa shape index (κ1) is 14.1. The first-order chi connectivity index (χ1) is 9.62. The van der Waals surface area contributed by atoms with Gasteiger partial charge < -0.3 is 10.1 Å². The fourth-order valence-corrected chi connectivity index (χ4v) is 3.56. The summed E-state index contributed by atoms with van der Waals surface area (Å²) in [5, 5.41) is 3.75. The standard InChI is InChI=1S/C17H26N2O/c1-13-11-18-17(2,14-7-5-4-6-8-14)12-19(13)15-9-16(10-15)20-3/h4-8,13,15-16,18H,9-12H2,1-3H3. The largest absolute Gasteiger partial charge is 0.381 e. The summed E-state index contributed by atoms with van der Waals surface area (Å²) in [6.45, 7) is 6.80. The van der Waals surface area contributed by atoms with Crippen LogP contribution in [0.1, 0.15) is 32.3 Å². The van der Waals surface area contributed by atoms with Crippen LogP contribution in [0.5, 0.6) is 0 Å². The highest BCUT2D eigenvalue weighted by Crippen LogP contribution is 2.34. The molecule has 0 amide bonds. The van der Waals surface area contributed by atoms with E-state index in [1.807, 2.05) is 7.11 Å². The number of hydrogen-bond acceptors (Lipinski definition) is 3. The number of rotatable bonds is 3. The van der Waals surface area contributed by atoms with Gasteiger partial charge in [0.1, 0.15) is 0 Å². The van der Waals surface area contributed by atoms with E-state index in [0.29, 0.717) is 18.2 Å². The average molecular weight is 274 g/mol. The van der Waals surface area contributed by atoms with Gasteiger partial charge in [-0.2, -0.15) is 0 Å². The molecule has 3 nitrogen and oxygen atoms in total. The van der Waals surface area contributed by atoms with E-state index in [2.05, 4.69) is 54.4 Å². The quantitative estimate of drug-likeness (QED) is 0.916. The maximum Gasteiger partial charge on any atom is 0.0601 e. The lowest BCUT2D eigenvalue weighted by Gasteiger charge is -2.52. The fourth-order valence-electron chi connectivity index (χ4n) is 3.56. The molecule has 1 aromatic rings. The van der Waals surface area contributed by atoms with Crippen molar-refractivity contribution in [2.24, 2.45) is 0 Å². The predicted molar refractivity (Wildman–Crippen MR) is 81.8 cm³/mol. The van der Waals surface area contributed by atoms with Gasteiger partial charge in [-0.1, -0.05) is 30.3 Å². The SMILES string of the molecule is COC1CC(N2CC(C)(c3ccccc3)NCC2C)C1. The third-order valence-electron chi connectivity index (χ3n) is 5.14. The lowest BCUT2D eigenvalue weighted by molar-refractivity contribution is -0.0587. The van der Waals surface area contributed by atoms with E-state index < -0.39 is 0 Å². The summed E-state index contributed by atoms with van der Waals surface area (Å²) >= 11 is 0. The van der Waals surface area contributed by atoms with Crippen LogP contribution >= 0.6 is 0 Å². The number of ether oxygens (including phenoxy) is 1. The first-order valence-electron chi connectivity index (χ1n) is 7.71. The van der Waals surface area contributed by atoms with Crippen molar-refractivity contribution in [1.29, 1.82) is 0 Å². The van der Waals surface area contributed by atoms with Crippen LogP contribution in [0.4, 0.5) is 0 Å². The van der Waals surface area contributed by atoms with E-state index in [0.717, 1.165) is 13.1 Å². The lowest BCUT2D eigenvalue weighted by Crippen LogP contribution is -2.65. The molecule has 0 bridgehead atoms. The van der Waals surface area contributed by atoms with Gasteiger partial charge in [0.15, 0.2) is 0 Å². The van der Waals surface area contributed by atoms with E-state index in [1.165, 1.54) is 18.4 Å². The Hall–Kier alpha value is -0.900. The van der Waals surface area contributed by atoms with Crippen LogP contribution in [0.25, 0.3) is 0 Å². The van der Waals surface area contributed by atoms with Gasteiger partial charge in [-0.05, 0) is 32.3 Å². The van der Waals surface area contributed by atoms with Gasteiger partial charge in [0, 0.05) is 32.3 Å². The summed E-state index contributed by atoms with van der Waals surface area (Å²) in [6.07, 6.45) is 2.85. The van der Waals surface area contributed by atoms with Gasteiger partial charge in [-0.15, -0.1) is 0 Å². The molecule has 1 saturated carbocycles. The molecule has 2 aliphatic rings. The van der Waals surface area contributed by atoms with Crippen molar-refractivity contribution >= 4 is 0 Å². The minimum absolute atomic E-state index is 0.0614. The van der Waals surface area contributed by atoms with Crippen LogP contribution < -0.4 is 5.32 Å². The van der Waals surface area contributed by atoms with Crippen LogP contribution in [-0.4, -0.2) is 43.3 Å². The van der Waals surface area contributed by atoms with Crippen molar-refractivity contribution in [3.63, 3.8) is 0 Å². The normalized spacial score (nSPS) is 38.5. The van der Waals surface area contributed by atoms with Gasteiger partial charge in [-0.25, -0.2) is 0 Å². The zero-order valence-electron chi connectivity index (χ0n) is 12.8. The van der Waals surface area contributed by atoms with Crippen molar-refractivity contribution in [3.8, 4) is 0 Å². The van der Waals surface area contributed by atoms with Gasteiger partial charge in [0.25, 0.3) is 0 Å². The molecule has 1 aliphatic carbocycles. The van der Waals surface area contributed by atoms with Crippen molar-refractivity contribution in [2.45, 2.75) is 50.4 Å². The highest BCUT2D eigenvalue weighted by molar-refractivity contribution is 5.25. The number of nitrogens with one attached hydrogen (secondary N) is 1. The number of methoxy groups -OCH3 is 1. The molecule has 2 atom stereocenters. The molecule has 0 radical (unpaired) electrons. The molecule has 1 aliphatic heterocycles. The maximum absolute atomic E-state index is 5.44. The Labute approximate surface area is 122 Å². The van der Waals surface area contributed by atoms with Crippen LogP contribution in [-0.2, 0) is 10.3 Å². The smallest absolute Gasteiger partial charge is 0.0601 e. The van der Waals surface area contributed by atoms with Crippen LogP contribution in [0.2, 0.25) is 0 Å². The molecule has 20 heavy (non-hydrogen) atoms. The molecule has 1 N–H and O–H groups in total. The van der Waals surface area contributed by atoms with Crippen LogP contribution in [0, 0.1) is 0 Å². The third-order valence-corrected chi connectivity index (χ3v) is 5.14. The van der Waals surface area contributed by atoms with Crippen molar-refractivity contribution in [1.82, 2.24) is 10.2 Å². The molecule has 2 unspecified atom stereocenters. The van der Waals surface area contributed by atoms with Crippen LogP contribution in [0.15, 0.2) is 30.3 Å². The summed E-state index contributed by atoms with van der Waals surface area (Å²) in [5.41, 5.74) is 1.45. The summed E-state index contributed by atoms with van der Waals surface area (Å²) in [4.78, 5) is 2.68. The summed E-state index contributed by atoms with van der Waals surface area (Å²) in [7, 11) is 1.83. The molecule has 110 valence electrons. The maximum atomic E-state index is 5.44. The highest BCUT2D eigenvalue weighted by atomic mass is 16.5. The molecule has 3 heteroatoms. The Morgan fingerprint density at radius 3 is 2.60 bits per heavy atom. The fraction of sp³-hybridized carbons (Fsp3) is 0.647. The second-order valence-corrected chi connectivity index (χ2v) is 6.58. The summed E-state index contributed by atoms with van der Waals surface area (Å²) in [5.74, 6) is 0. The van der Waals surface area contributed by atoms with E-state index >= 15 is 0 Å². The van der Waals surface area contributed by atoms with Crippen molar-refractivity contribution in [2.75, 3.05) is 20.2 Å². The predicted octanol–water partition coefficient (Wildman–Crippen LogP) is 2.37. The summed E-state index contributed by atoms with van der Waals surface area (Å²) < 4.78 is 5.44. The van der Waals surface area contributed by atoms with Gasteiger partial charge in [-0.3, -0.25) is 4.90 Å². The Morgan fingerprint density at radius 2 is 1.95 bits per heavy atom. The summed E-state index contributed by atoms with van der Waals surface area (Å²) in [6, 6.07) is 12.1. The van der Waals surface area contributed by atoms with Crippen LogP contribution in [0.3, 0.4) is 0 Å². The minimum atomic E-state index is 0.0614. The first-order valence-corrected chi connectivity index (χ1v) is 7.71. The minimum Gasteiger partial charge on any atom is -0.381 e. The number of benzene rings is 1. The van der Waals surface area contributed by atoms with E-state index in [9.17, 15) is 0 Å². The highest BCUT2D eigenvalue weighted by Gasteiger charge is 2.42. The molecular formula is C17H26N2O. The molecule has 0 aromatic heterocycles. The number of nitrogens with zero attached hydrogens (tertiary/aromatic N) is 1. The van der Waals surface area contributed by atoms with Crippen molar-refractivity contribution < 1.29 is 4.74 Å². The Kier molecular flexibility index (Phi) is 3.85. The van der Waals surface area contributed by atoms with Gasteiger partial charge >= 0.3 is 0 Å².